The number of hydrogen-bond acceptors (Lipinski definition) is 6. The van der Waals surface area contributed by atoms with E-state index in [4.69, 9.17) is 0 Å². The fourth-order valence-electron chi connectivity index (χ4n) is 1.51. The van der Waals surface area contributed by atoms with Crippen molar-refractivity contribution in [3.63, 3.8) is 0 Å². The minimum Gasteiger partial charge on any atom is -0.325 e. The van der Waals surface area contributed by atoms with Gasteiger partial charge < -0.3 is 10.6 Å². The molecular weight excluding hydrogens is 276 g/mol. The van der Waals surface area contributed by atoms with Crippen LogP contribution in [0.25, 0.3) is 0 Å². The molecule has 0 aliphatic carbocycles. The molecule has 2 aromatic rings. The molecule has 0 unspecified atom stereocenters. The maximum Gasteiger partial charge on any atom is 0.234 e. The molecule has 0 fully saturated rings. The van der Waals surface area contributed by atoms with Crippen LogP contribution in [0.5, 0.6) is 0 Å². The Bertz CT molecular complexity index is 544. The van der Waals surface area contributed by atoms with Crippen molar-refractivity contribution in [1.29, 1.82) is 0 Å². The number of tetrazole rings is 1. The van der Waals surface area contributed by atoms with E-state index in [1.54, 1.807) is 4.68 Å². The topological polar surface area (TPSA) is 84.7 Å². The first kappa shape index (κ1) is 14.5. The Kier molecular flexibility index (Phi) is 5.51. The average molecular weight is 292 g/mol. The van der Waals surface area contributed by atoms with Gasteiger partial charge in [0.2, 0.25) is 11.1 Å². The first-order valence-electron chi connectivity index (χ1n) is 6.18. The number of rotatable bonds is 7. The number of para-hydroxylation sites is 1. The smallest absolute Gasteiger partial charge is 0.234 e. The lowest BCUT2D eigenvalue weighted by atomic mass is 10.3. The second-order valence-corrected chi connectivity index (χ2v) is 4.93. The van der Waals surface area contributed by atoms with E-state index in [2.05, 4.69) is 26.2 Å². The Balaban J connectivity index is 1.83. The number of carbonyl (C=O) groups excluding carboxylic acids is 1. The number of benzene rings is 1. The van der Waals surface area contributed by atoms with Gasteiger partial charge in [-0.2, -0.15) is 0 Å². The van der Waals surface area contributed by atoms with Gasteiger partial charge in [0.25, 0.3) is 0 Å². The molecule has 20 heavy (non-hydrogen) atoms. The third kappa shape index (κ3) is 4.32. The van der Waals surface area contributed by atoms with E-state index >= 15 is 0 Å². The molecule has 0 saturated carbocycles. The number of aromatic nitrogens is 4. The van der Waals surface area contributed by atoms with Crippen LogP contribution in [-0.4, -0.2) is 45.5 Å². The summed E-state index contributed by atoms with van der Waals surface area (Å²) >= 11 is 1.32. The number of hydrogen-bond donors (Lipinski definition) is 2. The molecule has 0 atom stereocenters. The number of carbonyl (C=O) groups is 1. The lowest BCUT2D eigenvalue weighted by Crippen LogP contribution is -2.17. The Hall–Kier alpha value is -1.93. The third-order valence-electron chi connectivity index (χ3n) is 2.46. The number of nitrogens with zero attached hydrogens (tertiary/aromatic N) is 4. The van der Waals surface area contributed by atoms with Crippen LogP contribution in [0.15, 0.2) is 35.5 Å². The van der Waals surface area contributed by atoms with Gasteiger partial charge in [0.15, 0.2) is 0 Å². The van der Waals surface area contributed by atoms with E-state index in [-0.39, 0.29) is 11.7 Å². The highest BCUT2D eigenvalue weighted by atomic mass is 32.2. The van der Waals surface area contributed by atoms with Crippen molar-refractivity contribution >= 4 is 23.4 Å². The van der Waals surface area contributed by atoms with Crippen LogP contribution >= 0.6 is 11.8 Å². The Morgan fingerprint density at radius 3 is 2.90 bits per heavy atom. The average Bonchev–Trinajstić information content (AvgIpc) is 2.91. The molecule has 0 bridgehead atoms. The van der Waals surface area contributed by atoms with Gasteiger partial charge in [-0.05, 0) is 29.6 Å². The van der Waals surface area contributed by atoms with Gasteiger partial charge in [-0.1, -0.05) is 30.0 Å². The highest BCUT2D eigenvalue weighted by Gasteiger charge is 2.09. The zero-order chi connectivity index (χ0) is 14.2. The van der Waals surface area contributed by atoms with Crippen LogP contribution in [0, 0.1) is 0 Å². The summed E-state index contributed by atoms with van der Waals surface area (Å²) in [7, 11) is 1.87. The lowest BCUT2D eigenvalue weighted by Gasteiger charge is -2.05. The summed E-state index contributed by atoms with van der Waals surface area (Å²) in [4.78, 5) is 11.8. The predicted octanol–water partition coefficient (Wildman–Crippen LogP) is 0.623. The van der Waals surface area contributed by atoms with Crippen LogP contribution in [0.4, 0.5) is 5.69 Å². The molecule has 8 heteroatoms. The first-order valence-corrected chi connectivity index (χ1v) is 7.16. The van der Waals surface area contributed by atoms with Gasteiger partial charge in [0.1, 0.15) is 0 Å². The van der Waals surface area contributed by atoms with Gasteiger partial charge in [0.05, 0.1) is 12.3 Å². The van der Waals surface area contributed by atoms with Crippen LogP contribution in [0.3, 0.4) is 0 Å². The standard InChI is InChI=1S/C12H16N6OS/c1-13-7-8-18-12(15-16-17-18)20-9-11(19)14-10-5-3-2-4-6-10/h2-6,13H,7-9H2,1H3,(H,14,19). The summed E-state index contributed by atoms with van der Waals surface area (Å²) in [5, 5.41) is 17.9. The molecular formula is C12H16N6OS. The van der Waals surface area contributed by atoms with Gasteiger partial charge in [-0.25, -0.2) is 4.68 Å². The molecule has 2 rings (SSSR count). The summed E-state index contributed by atoms with van der Waals surface area (Å²) in [5.74, 6) is 0.193. The van der Waals surface area contributed by atoms with Crippen molar-refractivity contribution in [2.45, 2.75) is 11.7 Å². The van der Waals surface area contributed by atoms with Crippen LogP contribution in [0.1, 0.15) is 0 Å². The van der Waals surface area contributed by atoms with Gasteiger partial charge in [-0.3, -0.25) is 4.79 Å². The zero-order valence-electron chi connectivity index (χ0n) is 11.1. The maximum atomic E-state index is 11.8. The van der Waals surface area contributed by atoms with Crippen LogP contribution < -0.4 is 10.6 Å². The summed E-state index contributed by atoms with van der Waals surface area (Å²) in [6.45, 7) is 1.45. The fraction of sp³-hybridized carbons (Fsp3) is 0.333. The largest absolute Gasteiger partial charge is 0.325 e. The monoisotopic (exact) mass is 292 g/mol. The molecule has 0 aliphatic heterocycles. The molecule has 1 amide bonds. The molecule has 106 valence electrons. The van der Waals surface area contributed by atoms with E-state index in [1.165, 1.54) is 11.8 Å². The predicted molar refractivity (Wildman–Crippen MR) is 77.5 cm³/mol. The van der Waals surface area contributed by atoms with E-state index in [9.17, 15) is 4.79 Å². The zero-order valence-corrected chi connectivity index (χ0v) is 11.9. The molecule has 1 heterocycles. The second-order valence-electron chi connectivity index (χ2n) is 3.99. The van der Waals surface area contributed by atoms with Gasteiger partial charge in [0, 0.05) is 12.2 Å². The van der Waals surface area contributed by atoms with Crippen molar-refractivity contribution in [3.05, 3.63) is 30.3 Å². The van der Waals surface area contributed by atoms with Crippen molar-refractivity contribution in [2.75, 3.05) is 24.7 Å². The minimum absolute atomic E-state index is 0.0793. The van der Waals surface area contributed by atoms with Gasteiger partial charge >= 0.3 is 0 Å². The second kappa shape index (κ2) is 7.61. The molecule has 0 radical (unpaired) electrons. The normalized spacial score (nSPS) is 10.4. The summed E-state index contributed by atoms with van der Waals surface area (Å²) in [5.41, 5.74) is 0.785. The van der Waals surface area contributed by atoms with Crippen molar-refractivity contribution in [2.24, 2.45) is 0 Å². The number of nitrogens with one attached hydrogen (secondary N) is 2. The highest BCUT2D eigenvalue weighted by Crippen LogP contribution is 2.14. The Morgan fingerprint density at radius 2 is 2.15 bits per heavy atom. The number of anilines is 1. The molecule has 1 aromatic heterocycles. The van der Waals surface area contributed by atoms with Crippen molar-refractivity contribution in [1.82, 2.24) is 25.5 Å². The Morgan fingerprint density at radius 1 is 1.35 bits per heavy atom. The van der Waals surface area contributed by atoms with Crippen LogP contribution in [-0.2, 0) is 11.3 Å². The SMILES string of the molecule is CNCCn1nnnc1SCC(=O)Nc1ccccc1. The maximum absolute atomic E-state index is 11.8. The van der Waals surface area contributed by atoms with E-state index in [1.807, 2.05) is 37.4 Å². The van der Waals surface area contributed by atoms with Crippen molar-refractivity contribution < 1.29 is 4.79 Å². The molecule has 0 aliphatic rings. The Labute approximate surface area is 121 Å². The fourth-order valence-corrected chi connectivity index (χ4v) is 2.21. The summed E-state index contributed by atoms with van der Waals surface area (Å²) in [6, 6.07) is 9.35. The molecule has 7 nitrogen and oxygen atoms in total. The molecule has 0 saturated heterocycles. The van der Waals surface area contributed by atoms with Crippen LogP contribution in [0.2, 0.25) is 0 Å². The lowest BCUT2D eigenvalue weighted by molar-refractivity contribution is -0.113. The van der Waals surface area contributed by atoms with E-state index in [0.717, 1.165) is 12.2 Å². The van der Waals surface area contributed by atoms with Crippen molar-refractivity contribution in [3.8, 4) is 0 Å². The van der Waals surface area contributed by atoms with Gasteiger partial charge in [-0.15, -0.1) is 5.10 Å². The summed E-state index contributed by atoms with van der Waals surface area (Å²) < 4.78 is 1.68. The van der Waals surface area contributed by atoms with E-state index in [0.29, 0.717) is 11.7 Å². The third-order valence-corrected chi connectivity index (χ3v) is 3.42. The van der Waals surface area contributed by atoms with E-state index < -0.39 is 0 Å². The number of likely N-dealkylation sites (N-methyl/N-ethyl adjacent to an activating group) is 1. The quantitative estimate of drug-likeness (QED) is 0.728. The first-order chi connectivity index (χ1) is 9.79. The number of amides is 1. The highest BCUT2D eigenvalue weighted by molar-refractivity contribution is 7.99. The molecule has 0 spiro atoms. The minimum atomic E-state index is -0.0793. The molecule has 1 aromatic carbocycles. The summed E-state index contributed by atoms with van der Waals surface area (Å²) in [6.07, 6.45) is 0. The number of thioether (sulfide) groups is 1. The molecule has 2 N–H and O–H groups in total.